The van der Waals surface area contributed by atoms with Gasteiger partial charge in [-0.25, -0.2) is 4.98 Å². The minimum Gasteiger partial charge on any atom is -0.350 e. The summed E-state index contributed by atoms with van der Waals surface area (Å²) in [6.45, 7) is 0.743. The van der Waals surface area contributed by atoms with E-state index in [-0.39, 0.29) is 17.9 Å². The first-order valence-electron chi connectivity index (χ1n) is 10.1. The third kappa shape index (κ3) is 3.48. The summed E-state index contributed by atoms with van der Waals surface area (Å²) in [6, 6.07) is 5.44. The van der Waals surface area contributed by atoms with E-state index in [2.05, 4.69) is 16.4 Å². The van der Waals surface area contributed by atoms with Gasteiger partial charge < -0.3 is 5.32 Å². The highest BCUT2D eigenvalue weighted by Crippen LogP contribution is 2.62. The summed E-state index contributed by atoms with van der Waals surface area (Å²) >= 11 is 0. The maximum atomic E-state index is 12.9. The van der Waals surface area contributed by atoms with Crippen molar-refractivity contribution in [1.29, 1.82) is 0 Å². The Labute approximate surface area is 170 Å². The highest BCUT2D eigenvalue weighted by Gasteiger charge is 2.52. The average molecular weight is 416 g/mol. The van der Waals surface area contributed by atoms with Gasteiger partial charge in [-0.15, -0.1) is 0 Å². The van der Waals surface area contributed by atoms with Crippen LogP contribution in [0.2, 0.25) is 0 Å². The fourth-order valence-corrected chi connectivity index (χ4v) is 5.78. The molecule has 1 amide bonds. The van der Waals surface area contributed by atoms with Crippen LogP contribution in [0.25, 0.3) is 5.65 Å². The molecule has 2 heterocycles. The van der Waals surface area contributed by atoms with Crippen molar-refractivity contribution in [2.75, 3.05) is 19.4 Å². The number of fused-ring (bicyclic) bond motifs is 2. The Balaban J connectivity index is 1.28. The van der Waals surface area contributed by atoms with Crippen molar-refractivity contribution in [2.24, 2.45) is 17.3 Å². The summed E-state index contributed by atoms with van der Waals surface area (Å²) in [5.41, 5.74) is 3.78. The van der Waals surface area contributed by atoms with E-state index in [4.69, 9.17) is 4.18 Å². The SMILES string of the molecule is CS(=O)(=O)OCCc1cn2c(C(=O)NCC34CC=C5C(CC5C3)C4)cccc2n1. The van der Waals surface area contributed by atoms with Gasteiger partial charge in [0.25, 0.3) is 16.0 Å². The van der Waals surface area contributed by atoms with Gasteiger partial charge in [0.2, 0.25) is 0 Å². The van der Waals surface area contributed by atoms with Crippen LogP contribution in [-0.4, -0.2) is 43.1 Å². The van der Waals surface area contributed by atoms with Crippen LogP contribution in [0.3, 0.4) is 0 Å². The fourth-order valence-electron chi connectivity index (χ4n) is 5.39. The number of nitrogens with zero attached hydrogens (tertiary/aromatic N) is 2. The van der Waals surface area contributed by atoms with Crippen LogP contribution >= 0.6 is 0 Å². The van der Waals surface area contributed by atoms with Crippen LogP contribution in [0.4, 0.5) is 0 Å². The van der Waals surface area contributed by atoms with Crippen LogP contribution in [0, 0.1) is 17.3 Å². The minimum atomic E-state index is -3.47. The average Bonchev–Trinajstić information content (AvgIpc) is 3.08. The largest absolute Gasteiger partial charge is 0.350 e. The molecule has 0 radical (unpaired) electrons. The molecular weight excluding hydrogens is 390 g/mol. The number of pyridine rings is 1. The summed E-state index contributed by atoms with van der Waals surface area (Å²) in [4.78, 5) is 17.4. The smallest absolute Gasteiger partial charge is 0.268 e. The molecule has 5 aliphatic carbocycles. The lowest BCUT2D eigenvalue weighted by Crippen LogP contribution is -2.51. The first-order chi connectivity index (χ1) is 13.8. The van der Waals surface area contributed by atoms with Crippen molar-refractivity contribution in [3.63, 3.8) is 0 Å². The second-order valence-electron chi connectivity index (χ2n) is 8.78. The number of rotatable bonds is 7. The van der Waals surface area contributed by atoms with E-state index >= 15 is 0 Å². The zero-order valence-corrected chi connectivity index (χ0v) is 17.2. The van der Waals surface area contributed by atoms with Gasteiger partial charge in [0, 0.05) is 19.2 Å². The molecule has 3 fully saturated rings. The van der Waals surface area contributed by atoms with E-state index in [0.717, 1.165) is 24.5 Å². The summed E-state index contributed by atoms with van der Waals surface area (Å²) in [5, 5.41) is 3.17. The number of imidazole rings is 1. The molecule has 29 heavy (non-hydrogen) atoms. The lowest BCUT2D eigenvalue weighted by Gasteiger charge is -2.58. The molecule has 154 valence electrons. The number of amides is 1. The van der Waals surface area contributed by atoms with Crippen LogP contribution in [0.15, 0.2) is 36.0 Å². The molecule has 2 unspecified atom stereocenters. The van der Waals surface area contributed by atoms with E-state index in [9.17, 15) is 13.2 Å². The number of carbonyl (C=O) groups is 1. The molecule has 5 aliphatic rings. The lowest BCUT2D eigenvalue weighted by molar-refractivity contribution is 0.0369. The molecule has 1 N–H and O–H groups in total. The molecule has 2 atom stereocenters. The Morgan fingerprint density at radius 2 is 2.14 bits per heavy atom. The maximum absolute atomic E-state index is 12.9. The zero-order valence-electron chi connectivity index (χ0n) is 16.4. The Morgan fingerprint density at radius 1 is 1.34 bits per heavy atom. The Kier molecular flexibility index (Phi) is 4.33. The summed E-state index contributed by atoms with van der Waals surface area (Å²) in [6.07, 6.45) is 10.4. The van der Waals surface area contributed by atoms with Gasteiger partial charge >= 0.3 is 0 Å². The molecule has 0 spiro atoms. The van der Waals surface area contributed by atoms with Crippen LogP contribution in [0.5, 0.6) is 0 Å². The van der Waals surface area contributed by atoms with Crippen molar-refractivity contribution in [1.82, 2.24) is 14.7 Å². The van der Waals surface area contributed by atoms with Crippen molar-refractivity contribution >= 4 is 21.7 Å². The van der Waals surface area contributed by atoms with Crippen molar-refractivity contribution in [2.45, 2.75) is 32.1 Å². The number of aromatic nitrogens is 2. The monoisotopic (exact) mass is 415 g/mol. The summed E-state index contributed by atoms with van der Waals surface area (Å²) in [5.74, 6) is 1.41. The van der Waals surface area contributed by atoms with Gasteiger partial charge in [-0.3, -0.25) is 13.4 Å². The summed E-state index contributed by atoms with van der Waals surface area (Å²) in [7, 11) is -3.47. The molecular formula is C21H25N3O4S. The van der Waals surface area contributed by atoms with E-state index in [1.165, 1.54) is 19.3 Å². The first kappa shape index (κ1) is 18.8. The number of hydrogen-bond donors (Lipinski definition) is 1. The van der Waals surface area contributed by atoms with Crippen LogP contribution in [0.1, 0.15) is 41.9 Å². The van der Waals surface area contributed by atoms with Crippen LogP contribution in [-0.2, 0) is 20.7 Å². The Bertz CT molecular complexity index is 1100. The molecule has 2 aromatic heterocycles. The van der Waals surface area contributed by atoms with E-state index in [1.807, 2.05) is 12.1 Å². The fraction of sp³-hybridized carbons (Fsp3) is 0.524. The number of allylic oxidation sites excluding steroid dienone is 2. The Morgan fingerprint density at radius 3 is 2.86 bits per heavy atom. The normalized spacial score (nSPS) is 27.6. The number of carbonyl (C=O) groups excluding carboxylic acids is 1. The molecule has 0 aromatic carbocycles. The second kappa shape index (κ2) is 6.67. The molecule has 2 aromatic rings. The molecule has 7 rings (SSSR count). The van der Waals surface area contributed by atoms with Gasteiger partial charge in [-0.1, -0.05) is 17.7 Å². The molecule has 4 bridgehead atoms. The maximum Gasteiger partial charge on any atom is 0.268 e. The number of nitrogens with one attached hydrogen (secondary N) is 1. The molecule has 0 saturated heterocycles. The second-order valence-corrected chi connectivity index (χ2v) is 10.4. The third-order valence-corrected chi connectivity index (χ3v) is 7.29. The predicted octanol–water partition coefficient (Wildman–Crippen LogP) is 2.33. The van der Waals surface area contributed by atoms with Crippen molar-refractivity contribution < 1.29 is 17.4 Å². The zero-order chi connectivity index (χ0) is 20.2. The lowest BCUT2D eigenvalue weighted by atomic mass is 9.48. The standard InChI is InChI=1S/C21H25N3O4S/c1-29(26,27)28-8-6-16-12-24-18(3-2-4-19(24)23-16)20(25)22-13-21-7-5-17-14(10-21)9-15(17)11-21/h2-5,12,14-15H,6-11,13H2,1H3,(H,22,25). The molecule has 3 saturated carbocycles. The summed E-state index contributed by atoms with van der Waals surface area (Å²) < 4.78 is 28.8. The highest BCUT2D eigenvalue weighted by atomic mass is 32.2. The number of hydrogen-bond acceptors (Lipinski definition) is 5. The minimum absolute atomic E-state index is 0.0323. The first-order valence-corrected chi connectivity index (χ1v) is 11.9. The van der Waals surface area contributed by atoms with Gasteiger partial charge in [-0.2, -0.15) is 8.42 Å². The van der Waals surface area contributed by atoms with Gasteiger partial charge in [0.05, 0.1) is 18.6 Å². The van der Waals surface area contributed by atoms with E-state index < -0.39 is 10.1 Å². The topological polar surface area (TPSA) is 89.8 Å². The van der Waals surface area contributed by atoms with Gasteiger partial charge in [0.15, 0.2) is 0 Å². The quantitative estimate of drug-likeness (QED) is 0.554. The van der Waals surface area contributed by atoms with Crippen molar-refractivity contribution in [3.05, 3.63) is 47.4 Å². The van der Waals surface area contributed by atoms with E-state index in [0.29, 0.717) is 30.0 Å². The highest BCUT2D eigenvalue weighted by molar-refractivity contribution is 7.85. The van der Waals surface area contributed by atoms with Gasteiger partial charge in [-0.05, 0) is 55.1 Å². The predicted molar refractivity (Wildman–Crippen MR) is 108 cm³/mol. The van der Waals surface area contributed by atoms with Crippen LogP contribution < -0.4 is 5.32 Å². The third-order valence-electron chi connectivity index (χ3n) is 6.70. The van der Waals surface area contributed by atoms with E-state index in [1.54, 1.807) is 22.2 Å². The molecule has 7 nitrogen and oxygen atoms in total. The molecule has 8 heteroatoms. The molecule has 0 aliphatic heterocycles. The van der Waals surface area contributed by atoms with Crippen molar-refractivity contribution in [3.8, 4) is 0 Å². The van der Waals surface area contributed by atoms with Gasteiger partial charge in [0.1, 0.15) is 11.3 Å². The Hall–Kier alpha value is -2.19.